The highest BCUT2D eigenvalue weighted by Crippen LogP contribution is 2.20. The van der Waals surface area contributed by atoms with Gasteiger partial charge in [0.15, 0.2) is 0 Å². The first-order chi connectivity index (χ1) is 9.08. The number of rotatable bonds is 3. The van der Waals surface area contributed by atoms with E-state index >= 15 is 0 Å². The van der Waals surface area contributed by atoms with Crippen LogP contribution in [0.3, 0.4) is 0 Å². The summed E-state index contributed by atoms with van der Waals surface area (Å²) >= 11 is 0. The lowest BCUT2D eigenvalue weighted by Crippen LogP contribution is -2.37. The van der Waals surface area contributed by atoms with E-state index in [1.165, 1.54) is 0 Å². The van der Waals surface area contributed by atoms with Gasteiger partial charge in [-0.15, -0.1) is 0 Å². The number of hydrogen-bond donors (Lipinski definition) is 2. The molecule has 0 bridgehead atoms. The largest absolute Gasteiger partial charge is 0.481 e. The molecule has 1 aromatic rings. The number of carbonyl (C=O) groups is 2. The fourth-order valence-electron chi connectivity index (χ4n) is 2.38. The summed E-state index contributed by atoms with van der Waals surface area (Å²) in [5, 5.41) is 11.7. The van der Waals surface area contributed by atoms with Gasteiger partial charge in [0.1, 0.15) is 0 Å². The Morgan fingerprint density at radius 2 is 2.16 bits per heavy atom. The smallest absolute Gasteiger partial charge is 0.322 e. The Bertz CT molecular complexity index is 487. The van der Waals surface area contributed by atoms with Crippen molar-refractivity contribution in [2.24, 2.45) is 0 Å². The summed E-state index contributed by atoms with van der Waals surface area (Å²) in [6.07, 6.45) is 1.95. The summed E-state index contributed by atoms with van der Waals surface area (Å²) < 4.78 is 0. The molecule has 2 rings (SSSR count). The Morgan fingerprint density at radius 3 is 2.79 bits per heavy atom. The molecule has 0 radical (unpaired) electrons. The van der Waals surface area contributed by atoms with E-state index in [4.69, 9.17) is 5.11 Å². The van der Waals surface area contributed by atoms with Gasteiger partial charge in [0.2, 0.25) is 0 Å². The molecule has 1 aliphatic rings. The van der Waals surface area contributed by atoms with Gasteiger partial charge < -0.3 is 15.3 Å². The summed E-state index contributed by atoms with van der Waals surface area (Å²) in [6, 6.07) is 7.10. The summed E-state index contributed by atoms with van der Waals surface area (Å²) in [5.41, 5.74) is 1.20. The number of anilines is 1. The first kappa shape index (κ1) is 13.4. The molecule has 0 spiro atoms. The predicted molar refractivity (Wildman–Crippen MR) is 72.2 cm³/mol. The Labute approximate surface area is 112 Å². The monoisotopic (exact) mass is 262 g/mol. The van der Waals surface area contributed by atoms with Gasteiger partial charge in [-0.3, -0.25) is 4.79 Å². The summed E-state index contributed by atoms with van der Waals surface area (Å²) in [7, 11) is 0. The average molecular weight is 262 g/mol. The molecule has 5 heteroatoms. The number of likely N-dealkylation sites (tertiary alicyclic amines) is 1. The number of aliphatic carboxylic acids is 1. The van der Waals surface area contributed by atoms with E-state index in [0.717, 1.165) is 19.4 Å². The zero-order chi connectivity index (χ0) is 13.8. The van der Waals surface area contributed by atoms with Crippen molar-refractivity contribution in [1.82, 2.24) is 4.90 Å². The zero-order valence-electron chi connectivity index (χ0n) is 10.9. The fourth-order valence-corrected chi connectivity index (χ4v) is 2.38. The number of hydrogen-bond acceptors (Lipinski definition) is 2. The first-order valence-corrected chi connectivity index (χ1v) is 6.45. The Morgan fingerprint density at radius 1 is 1.42 bits per heavy atom. The minimum absolute atomic E-state index is 0.0913. The van der Waals surface area contributed by atoms with Crippen molar-refractivity contribution < 1.29 is 14.7 Å². The summed E-state index contributed by atoms with van der Waals surface area (Å²) in [4.78, 5) is 24.7. The number of nitrogens with zero attached hydrogens (tertiary/aromatic N) is 1. The Hall–Kier alpha value is -2.04. The second-order valence-corrected chi connectivity index (χ2v) is 4.84. The molecule has 0 saturated carbocycles. The molecule has 5 nitrogen and oxygen atoms in total. The van der Waals surface area contributed by atoms with Crippen LogP contribution in [0.4, 0.5) is 10.5 Å². The molecular formula is C14H18N2O3. The second kappa shape index (κ2) is 5.73. The van der Waals surface area contributed by atoms with Gasteiger partial charge in [0, 0.05) is 18.3 Å². The number of carbonyl (C=O) groups excluding carboxylic acids is 1. The fraction of sp³-hybridized carbons (Fsp3) is 0.429. The third-order valence-electron chi connectivity index (χ3n) is 3.41. The number of benzene rings is 1. The number of carboxylic acids is 1. The number of nitrogens with one attached hydrogen (secondary N) is 1. The van der Waals surface area contributed by atoms with Crippen molar-refractivity contribution in [3.63, 3.8) is 0 Å². The van der Waals surface area contributed by atoms with Gasteiger partial charge in [-0.2, -0.15) is 0 Å². The molecule has 1 aliphatic heterocycles. The van der Waals surface area contributed by atoms with Gasteiger partial charge in [0.25, 0.3) is 0 Å². The average Bonchev–Trinajstić information content (AvgIpc) is 2.77. The predicted octanol–water partition coefficient (Wildman–Crippen LogP) is 2.33. The quantitative estimate of drug-likeness (QED) is 0.878. The van der Waals surface area contributed by atoms with Crippen LogP contribution in [0, 0.1) is 0 Å². The van der Waals surface area contributed by atoms with E-state index in [1.54, 1.807) is 29.2 Å². The van der Waals surface area contributed by atoms with Crippen molar-refractivity contribution in [1.29, 1.82) is 0 Å². The molecule has 1 saturated heterocycles. The van der Waals surface area contributed by atoms with E-state index in [2.05, 4.69) is 5.32 Å². The van der Waals surface area contributed by atoms with Crippen LogP contribution in [0.2, 0.25) is 0 Å². The molecule has 2 amide bonds. The van der Waals surface area contributed by atoms with E-state index in [1.807, 2.05) is 6.92 Å². The second-order valence-electron chi connectivity index (χ2n) is 4.84. The van der Waals surface area contributed by atoms with E-state index in [-0.39, 0.29) is 18.5 Å². The molecule has 2 N–H and O–H groups in total. The molecule has 1 atom stereocenters. The Kier molecular flexibility index (Phi) is 4.04. The van der Waals surface area contributed by atoms with Crippen LogP contribution in [0.1, 0.15) is 25.3 Å². The topological polar surface area (TPSA) is 69.6 Å². The molecule has 0 aliphatic carbocycles. The maximum Gasteiger partial charge on any atom is 0.322 e. The Balaban J connectivity index is 2.10. The van der Waals surface area contributed by atoms with Crippen LogP contribution in [0.25, 0.3) is 0 Å². The highest BCUT2D eigenvalue weighted by Gasteiger charge is 2.25. The van der Waals surface area contributed by atoms with Gasteiger partial charge in [-0.25, -0.2) is 4.79 Å². The van der Waals surface area contributed by atoms with Crippen LogP contribution >= 0.6 is 0 Å². The minimum atomic E-state index is -0.906. The molecule has 1 aromatic carbocycles. The molecule has 19 heavy (non-hydrogen) atoms. The van der Waals surface area contributed by atoms with E-state index < -0.39 is 5.97 Å². The van der Waals surface area contributed by atoms with Crippen LogP contribution in [0.15, 0.2) is 24.3 Å². The standard InChI is InChI=1S/C14H18N2O3/c1-10-5-4-8-16(10)14(19)15-12-7-3-2-6-11(12)9-13(17)18/h2-3,6-7,10H,4-5,8-9H2,1H3,(H,15,19)(H,17,18). The van der Waals surface area contributed by atoms with Crippen LogP contribution < -0.4 is 5.32 Å². The molecule has 1 unspecified atom stereocenters. The minimum Gasteiger partial charge on any atom is -0.481 e. The van der Waals surface area contributed by atoms with Crippen molar-refractivity contribution in [3.8, 4) is 0 Å². The number of para-hydroxylation sites is 1. The van der Waals surface area contributed by atoms with Gasteiger partial charge in [-0.1, -0.05) is 18.2 Å². The molecule has 1 fully saturated rings. The first-order valence-electron chi connectivity index (χ1n) is 6.45. The summed E-state index contributed by atoms with van der Waals surface area (Å²) in [5.74, 6) is -0.906. The van der Waals surface area contributed by atoms with E-state index in [0.29, 0.717) is 11.3 Å². The van der Waals surface area contributed by atoms with Gasteiger partial charge >= 0.3 is 12.0 Å². The molecular weight excluding hydrogens is 244 g/mol. The highest BCUT2D eigenvalue weighted by atomic mass is 16.4. The lowest BCUT2D eigenvalue weighted by Gasteiger charge is -2.22. The number of urea groups is 1. The summed E-state index contributed by atoms with van der Waals surface area (Å²) in [6.45, 7) is 2.78. The van der Waals surface area contributed by atoms with Gasteiger partial charge in [-0.05, 0) is 31.4 Å². The normalized spacial score (nSPS) is 18.4. The van der Waals surface area contributed by atoms with Crippen molar-refractivity contribution in [2.45, 2.75) is 32.2 Å². The third kappa shape index (κ3) is 3.24. The zero-order valence-corrected chi connectivity index (χ0v) is 10.9. The van der Waals surface area contributed by atoms with Crippen molar-refractivity contribution in [2.75, 3.05) is 11.9 Å². The number of carboxylic acid groups (broad SMARTS) is 1. The van der Waals surface area contributed by atoms with Crippen LogP contribution in [0.5, 0.6) is 0 Å². The third-order valence-corrected chi connectivity index (χ3v) is 3.41. The molecule has 1 heterocycles. The van der Waals surface area contributed by atoms with Crippen LogP contribution in [-0.2, 0) is 11.2 Å². The van der Waals surface area contributed by atoms with Crippen molar-refractivity contribution in [3.05, 3.63) is 29.8 Å². The SMILES string of the molecule is CC1CCCN1C(=O)Nc1ccccc1CC(=O)O. The van der Waals surface area contributed by atoms with Crippen LogP contribution in [-0.4, -0.2) is 34.6 Å². The highest BCUT2D eigenvalue weighted by molar-refractivity contribution is 5.91. The lowest BCUT2D eigenvalue weighted by molar-refractivity contribution is -0.136. The molecule has 102 valence electrons. The van der Waals surface area contributed by atoms with E-state index in [9.17, 15) is 9.59 Å². The maximum absolute atomic E-state index is 12.1. The maximum atomic E-state index is 12.1. The number of amides is 2. The van der Waals surface area contributed by atoms with Gasteiger partial charge in [0.05, 0.1) is 6.42 Å². The molecule has 0 aromatic heterocycles. The van der Waals surface area contributed by atoms with Crippen molar-refractivity contribution >= 4 is 17.7 Å². The lowest BCUT2D eigenvalue weighted by atomic mass is 10.1.